The van der Waals surface area contributed by atoms with Gasteiger partial charge in [0.05, 0.1) is 15.4 Å². The normalized spacial score (nSPS) is 10.7. The quantitative estimate of drug-likeness (QED) is 0.471. The Morgan fingerprint density at radius 2 is 2.40 bits per heavy atom. The minimum atomic E-state index is -0.475. The van der Waals surface area contributed by atoms with Crippen molar-refractivity contribution in [3.05, 3.63) is 32.7 Å². The zero-order chi connectivity index (χ0) is 11.3. The van der Waals surface area contributed by atoms with Gasteiger partial charge in [0.2, 0.25) is 0 Å². The molecule has 0 aromatic carbocycles. The van der Waals surface area contributed by atoms with Gasteiger partial charge in [0, 0.05) is 6.54 Å². The number of nitrogens with one attached hydrogen (secondary N) is 1. The van der Waals surface area contributed by atoms with E-state index in [1.54, 1.807) is 19.2 Å². The first-order valence-corrected chi connectivity index (χ1v) is 5.05. The van der Waals surface area contributed by atoms with E-state index in [4.69, 9.17) is 0 Å². The van der Waals surface area contributed by atoms with E-state index < -0.39 is 4.92 Å². The van der Waals surface area contributed by atoms with Crippen molar-refractivity contribution in [1.29, 1.82) is 0 Å². The molecule has 80 valence electrons. The Labute approximate surface area is 90.6 Å². The summed E-state index contributed by atoms with van der Waals surface area (Å²) in [5.41, 5.74) is 0.474. The van der Waals surface area contributed by atoms with E-state index in [1.807, 2.05) is 0 Å². The molecule has 1 aromatic heterocycles. The van der Waals surface area contributed by atoms with Crippen molar-refractivity contribution in [2.45, 2.75) is 0 Å². The topological polar surface area (TPSA) is 72.2 Å². The number of nitrogens with zero attached hydrogens (tertiary/aromatic N) is 1. The first-order valence-electron chi connectivity index (χ1n) is 4.23. The van der Waals surface area contributed by atoms with Crippen LogP contribution in [0.1, 0.15) is 15.2 Å². The summed E-state index contributed by atoms with van der Waals surface area (Å²) in [7, 11) is 1.78. The van der Waals surface area contributed by atoms with E-state index in [-0.39, 0.29) is 5.00 Å². The molecule has 1 N–H and O–H groups in total. The Kier molecular flexibility index (Phi) is 4.14. The number of likely N-dealkylation sites (N-methyl/N-ethyl adjacent to an activating group) is 1. The number of aldehydes is 1. The lowest BCUT2D eigenvalue weighted by atomic mass is 10.2. The van der Waals surface area contributed by atoms with E-state index in [1.165, 1.54) is 6.07 Å². The van der Waals surface area contributed by atoms with Crippen LogP contribution in [0.5, 0.6) is 0 Å². The third-order valence-electron chi connectivity index (χ3n) is 1.66. The monoisotopic (exact) mass is 226 g/mol. The van der Waals surface area contributed by atoms with Crippen LogP contribution in [0.3, 0.4) is 0 Å². The number of rotatable bonds is 5. The summed E-state index contributed by atoms with van der Waals surface area (Å²) in [5, 5.41) is 13.5. The summed E-state index contributed by atoms with van der Waals surface area (Å²) in [6, 6.07) is 1.52. The van der Waals surface area contributed by atoms with Crippen LogP contribution in [0.2, 0.25) is 0 Å². The van der Waals surface area contributed by atoms with Gasteiger partial charge in [0.25, 0.3) is 0 Å². The lowest BCUT2D eigenvalue weighted by molar-refractivity contribution is -0.380. The van der Waals surface area contributed by atoms with Gasteiger partial charge in [-0.1, -0.05) is 17.4 Å². The maximum atomic E-state index is 10.6. The molecule has 0 saturated carbocycles. The molecule has 0 unspecified atom stereocenters. The molecule has 1 aromatic rings. The van der Waals surface area contributed by atoms with Gasteiger partial charge in [-0.15, -0.1) is 0 Å². The minimum absolute atomic E-state index is 0.00412. The van der Waals surface area contributed by atoms with Crippen LogP contribution in [0.25, 0.3) is 6.08 Å². The average molecular weight is 226 g/mol. The van der Waals surface area contributed by atoms with Crippen LogP contribution in [0, 0.1) is 10.1 Å². The average Bonchev–Trinajstić information content (AvgIpc) is 2.62. The third kappa shape index (κ3) is 2.97. The number of carbonyl (C=O) groups is 1. The molecular formula is C9H10N2O3S. The second-order valence-electron chi connectivity index (χ2n) is 2.74. The van der Waals surface area contributed by atoms with Crippen molar-refractivity contribution in [2.75, 3.05) is 13.6 Å². The zero-order valence-electron chi connectivity index (χ0n) is 8.10. The van der Waals surface area contributed by atoms with Crippen molar-refractivity contribution in [1.82, 2.24) is 5.32 Å². The van der Waals surface area contributed by atoms with Crippen LogP contribution in [-0.4, -0.2) is 24.8 Å². The molecule has 6 heteroatoms. The SMILES string of the molecule is CNCC=Cc1cc(C=O)sc1[N+](=O)[O-]. The molecule has 0 fully saturated rings. The van der Waals surface area contributed by atoms with Gasteiger partial charge in [0.1, 0.15) is 0 Å². The Morgan fingerprint density at radius 1 is 1.67 bits per heavy atom. The molecule has 1 rings (SSSR count). The molecule has 0 aliphatic carbocycles. The van der Waals surface area contributed by atoms with E-state index in [2.05, 4.69) is 5.32 Å². The van der Waals surface area contributed by atoms with Gasteiger partial charge in [-0.2, -0.15) is 0 Å². The fraction of sp³-hybridized carbons (Fsp3) is 0.222. The first-order chi connectivity index (χ1) is 7.19. The summed E-state index contributed by atoms with van der Waals surface area (Å²) in [4.78, 5) is 21.0. The number of carbonyl (C=O) groups excluding carboxylic acids is 1. The molecule has 0 amide bonds. The minimum Gasteiger partial charge on any atom is -0.316 e. The van der Waals surface area contributed by atoms with E-state index in [0.717, 1.165) is 11.3 Å². The highest BCUT2D eigenvalue weighted by molar-refractivity contribution is 7.17. The van der Waals surface area contributed by atoms with E-state index in [9.17, 15) is 14.9 Å². The molecule has 0 aliphatic heterocycles. The first kappa shape index (κ1) is 11.5. The lowest BCUT2D eigenvalue weighted by Crippen LogP contribution is -2.03. The molecule has 0 saturated heterocycles. The van der Waals surface area contributed by atoms with Gasteiger partial charge in [0.15, 0.2) is 6.29 Å². The van der Waals surface area contributed by atoms with Gasteiger partial charge >= 0.3 is 5.00 Å². The fourth-order valence-electron chi connectivity index (χ4n) is 1.04. The van der Waals surface area contributed by atoms with Gasteiger partial charge in [-0.25, -0.2) is 0 Å². The second kappa shape index (κ2) is 5.38. The van der Waals surface area contributed by atoms with Crippen LogP contribution >= 0.6 is 11.3 Å². The Morgan fingerprint density at radius 3 is 2.93 bits per heavy atom. The highest BCUT2D eigenvalue weighted by Gasteiger charge is 2.16. The van der Waals surface area contributed by atoms with Crippen molar-refractivity contribution in [3.8, 4) is 0 Å². The molecule has 5 nitrogen and oxygen atoms in total. The van der Waals surface area contributed by atoms with Crippen molar-refractivity contribution in [2.24, 2.45) is 0 Å². The standard InChI is InChI=1S/C9H10N2O3S/c1-10-4-2-3-7-5-8(6-12)15-9(7)11(13)14/h2-3,5-6,10H,4H2,1H3. The maximum absolute atomic E-state index is 10.6. The molecule has 0 aliphatic rings. The van der Waals surface area contributed by atoms with Crippen LogP contribution in [0.4, 0.5) is 5.00 Å². The number of hydrogen-bond donors (Lipinski definition) is 1. The highest BCUT2D eigenvalue weighted by atomic mass is 32.1. The van der Waals surface area contributed by atoms with Crippen LogP contribution < -0.4 is 5.32 Å². The van der Waals surface area contributed by atoms with Crippen LogP contribution in [0.15, 0.2) is 12.1 Å². The van der Waals surface area contributed by atoms with E-state index >= 15 is 0 Å². The molecular weight excluding hydrogens is 216 g/mol. The van der Waals surface area contributed by atoms with Gasteiger partial charge in [-0.05, 0) is 19.2 Å². The van der Waals surface area contributed by atoms with E-state index in [0.29, 0.717) is 23.3 Å². The molecule has 1 heterocycles. The van der Waals surface area contributed by atoms with Crippen molar-refractivity contribution >= 4 is 28.7 Å². The van der Waals surface area contributed by atoms with Gasteiger partial charge < -0.3 is 5.32 Å². The molecule has 0 radical (unpaired) electrons. The Bertz CT molecular complexity index is 398. The number of hydrogen-bond acceptors (Lipinski definition) is 5. The van der Waals surface area contributed by atoms with Crippen LogP contribution in [-0.2, 0) is 0 Å². The third-order valence-corrected chi connectivity index (χ3v) is 2.69. The zero-order valence-corrected chi connectivity index (χ0v) is 8.91. The molecule has 0 spiro atoms. The summed E-state index contributed by atoms with van der Waals surface area (Å²) < 4.78 is 0. The Balaban J connectivity index is 2.98. The molecule has 15 heavy (non-hydrogen) atoms. The van der Waals surface area contributed by atoms with Gasteiger partial charge in [-0.3, -0.25) is 14.9 Å². The predicted octanol–water partition coefficient (Wildman–Crippen LogP) is 1.70. The summed E-state index contributed by atoms with van der Waals surface area (Å²) in [6.45, 7) is 0.628. The largest absolute Gasteiger partial charge is 0.331 e. The lowest BCUT2D eigenvalue weighted by Gasteiger charge is -1.89. The maximum Gasteiger partial charge on any atom is 0.331 e. The number of nitro groups is 1. The smallest absolute Gasteiger partial charge is 0.316 e. The highest BCUT2D eigenvalue weighted by Crippen LogP contribution is 2.30. The predicted molar refractivity (Wildman–Crippen MR) is 59.3 cm³/mol. The fourth-order valence-corrected chi connectivity index (χ4v) is 1.82. The summed E-state index contributed by atoms with van der Waals surface area (Å²) in [6.07, 6.45) is 4.02. The number of thiophene rings is 1. The van der Waals surface area contributed by atoms with Crippen molar-refractivity contribution < 1.29 is 9.72 Å². The summed E-state index contributed by atoms with van der Waals surface area (Å²) in [5.74, 6) is 0. The summed E-state index contributed by atoms with van der Waals surface area (Å²) >= 11 is 0.887. The molecule has 0 bridgehead atoms. The second-order valence-corrected chi connectivity index (χ2v) is 3.81. The van der Waals surface area contributed by atoms with Crippen molar-refractivity contribution in [3.63, 3.8) is 0 Å². The Hall–Kier alpha value is -1.53. The molecule has 0 atom stereocenters.